The Kier molecular flexibility index (Phi) is 4.48. The minimum absolute atomic E-state index is 0.0877. The molecule has 0 saturated carbocycles. The zero-order chi connectivity index (χ0) is 15.7. The van der Waals surface area contributed by atoms with E-state index >= 15 is 0 Å². The molecule has 1 N–H and O–H groups in total. The summed E-state index contributed by atoms with van der Waals surface area (Å²) >= 11 is 5.99. The summed E-state index contributed by atoms with van der Waals surface area (Å²) < 4.78 is 28.7. The van der Waals surface area contributed by atoms with Gasteiger partial charge in [0.05, 0.1) is 17.5 Å². The molecule has 2 heterocycles. The summed E-state index contributed by atoms with van der Waals surface area (Å²) in [4.78, 5) is 0. The van der Waals surface area contributed by atoms with Gasteiger partial charge in [-0.25, -0.2) is 8.42 Å². The molecule has 0 spiro atoms. The molecule has 2 aromatic rings. The average molecular weight is 342 g/mol. The van der Waals surface area contributed by atoms with E-state index < -0.39 is 9.84 Å². The zero-order valence-electron chi connectivity index (χ0n) is 12.5. The van der Waals surface area contributed by atoms with E-state index in [2.05, 4.69) is 12.2 Å². The first-order chi connectivity index (χ1) is 10.4. The smallest absolute Gasteiger partial charge is 0.150 e. The molecular formula is C16H20ClNO3S. The van der Waals surface area contributed by atoms with Gasteiger partial charge >= 0.3 is 0 Å². The number of hydrogen-bond acceptors (Lipinski definition) is 4. The van der Waals surface area contributed by atoms with Crippen molar-refractivity contribution in [3.05, 3.63) is 35.0 Å². The fourth-order valence-corrected chi connectivity index (χ4v) is 4.60. The van der Waals surface area contributed by atoms with Crippen LogP contribution in [0.15, 0.2) is 28.7 Å². The number of rotatable bonds is 4. The number of fused-ring (bicyclic) bond motifs is 1. The highest BCUT2D eigenvalue weighted by Gasteiger charge is 2.24. The number of furan rings is 1. The first kappa shape index (κ1) is 15.8. The third-order valence-corrected chi connectivity index (χ3v) is 6.26. The van der Waals surface area contributed by atoms with E-state index in [1.54, 1.807) is 0 Å². The van der Waals surface area contributed by atoms with Gasteiger partial charge in [-0.05, 0) is 56.5 Å². The molecule has 1 saturated heterocycles. The first-order valence-electron chi connectivity index (χ1n) is 7.56. The van der Waals surface area contributed by atoms with Crippen LogP contribution in [0.25, 0.3) is 11.0 Å². The van der Waals surface area contributed by atoms with Crippen molar-refractivity contribution in [1.82, 2.24) is 5.32 Å². The van der Waals surface area contributed by atoms with Crippen LogP contribution >= 0.6 is 11.6 Å². The van der Waals surface area contributed by atoms with Crippen LogP contribution in [0.2, 0.25) is 5.02 Å². The molecule has 6 heteroatoms. The summed E-state index contributed by atoms with van der Waals surface area (Å²) in [5.74, 6) is 1.93. The summed E-state index contributed by atoms with van der Waals surface area (Å²) in [5.41, 5.74) is 0.830. The van der Waals surface area contributed by atoms with Crippen molar-refractivity contribution in [2.45, 2.75) is 25.8 Å². The van der Waals surface area contributed by atoms with E-state index in [0.29, 0.717) is 22.4 Å². The van der Waals surface area contributed by atoms with Crippen molar-refractivity contribution in [1.29, 1.82) is 0 Å². The number of halogens is 1. The summed E-state index contributed by atoms with van der Waals surface area (Å²) in [6.07, 6.45) is 1.50. The molecule has 4 nitrogen and oxygen atoms in total. The predicted molar refractivity (Wildman–Crippen MR) is 89.0 cm³/mol. The van der Waals surface area contributed by atoms with Gasteiger partial charge in [0, 0.05) is 10.4 Å². The van der Waals surface area contributed by atoms with E-state index in [4.69, 9.17) is 16.0 Å². The summed E-state index contributed by atoms with van der Waals surface area (Å²) in [6.45, 7) is 2.87. The highest BCUT2D eigenvalue weighted by atomic mass is 35.5. The molecule has 0 amide bonds. The fourth-order valence-electron chi connectivity index (χ4n) is 2.84. The lowest BCUT2D eigenvalue weighted by Gasteiger charge is -2.23. The van der Waals surface area contributed by atoms with Gasteiger partial charge in [0.15, 0.2) is 0 Å². The van der Waals surface area contributed by atoms with Gasteiger partial charge < -0.3 is 9.73 Å². The molecule has 1 atom stereocenters. The molecule has 0 radical (unpaired) electrons. The normalized spacial score (nSPS) is 20.3. The molecule has 1 aromatic heterocycles. The Labute approximate surface area is 135 Å². The molecule has 1 aliphatic rings. The average Bonchev–Trinajstić information content (AvgIpc) is 2.89. The molecule has 0 unspecified atom stereocenters. The molecule has 3 rings (SSSR count). The fraction of sp³-hybridized carbons (Fsp3) is 0.500. The zero-order valence-corrected chi connectivity index (χ0v) is 14.1. The van der Waals surface area contributed by atoms with Gasteiger partial charge in [-0.3, -0.25) is 0 Å². The van der Waals surface area contributed by atoms with Crippen LogP contribution in [0, 0.1) is 5.92 Å². The lowest BCUT2D eigenvalue weighted by Crippen LogP contribution is -2.32. The molecule has 0 bridgehead atoms. The third-order valence-electron chi connectivity index (χ3n) is 4.31. The van der Waals surface area contributed by atoms with Gasteiger partial charge in [0.2, 0.25) is 0 Å². The molecular weight excluding hydrogens is 322 g/mol. The summed E-state index contributed by atoms with van der Waals surface area (Å²) in [7, 11) is -2.79. The highest BCUT2D eigenvalue weighted by molar-refractivity contribution is 7.91. The van der Waals surface area contributed by atoms with Gasteiger partial charge in [-0.15, -0.1) is 0 Å². The number of benzene rings is 1. The van der Waals surface area contributed by atoms with Crippen LogP contribution in [-0.4, -0.2) is 26.5 Å². The van der Waals surface area contributed by atoms with Gasteiger partial charge in [-0.2, -0.15) is 0 Å². The van der Waals surface area contributed by atoms with Crippen molar-refractivity contribution >= 4 is 32.4 Å². The Morgan fingerprint density at radius 2 is 2.05 bits per heavy atom. The van der Waals surface area contributed by atoms with E-state index in [-0.39, 0.29) is 6.04 Å². The van der Waals surface area contributed by atoms with Crippen LogP contribution in [0.4, 0.5) is 0 Å². The Balaban J connectivity index is 1.60. The molecule has 120 valence electrons. The van der Waals surface area contributed by atoms with Crippen molar-refractivity contribution in [2.24, 2.45) is 5.92 Å². The predicted octanol–water partition coefficient (Wildman–Crippen LogP) is 3.56. The second kappa shape index (κ2) is 6.22. The summed E-state index contributed by atoms with van der Waals surface area (Å²) in [6, 6.07) is 7.68. The second-order valence-electron chi connectivity index (χ2n) is 6.06. The highest BCUT2D eigenvalue weighted by Crippen LogP contribution is 2.27. The Morgan fingerprint density at radius 3 is 2.77 bits per heavy atom. The van der Waals surface area contributed by atoms with Crippen LogP contribution < -0.4 is 5.32 Å². The minimum Gasteiger partial charge on any atom is -0.459 e. The van der Waals surface area contributed by atoms with Gasteiger partial charge in [0.1, 0.15) is 21.2 Å². The topological polar surface area (TPSA) is 59.3 Å². The lowest BCUT2D eigenvalue weighted by atomic mass is 10.0. The van der Waals surface area contributed by atoms with E-state index in [9.17, 15) is 8.42 Å². The SMILES string of the molecule is C[C@H](NCC1CCS(=O)(=O)CC1)c1cc2cc(Cl)ccc2o1. The number of nitrogens with one attached hydrogen (secondary N) is 1. The molecule has 0 aliphatic carbocycles. The maximum Gasteiger partial charge on any atom is 0.150 e. The quantitative estimate of drug-likeness (QED) is 0.923. The van der Waals surface area contributed by atoms with Crippen molar-refractivity contribution < 1.29 is 12.8 Å². The van der Waals surface area contributed by atoms with Crippen LogP contribution in [0.3, 0.4) is 0 Å². The van der Waals surface area contributed by atoms with E-state index in [1.165, 1.54) is 0 Å². The van der Waals surface area contributed by atoms with Crippen molar-refractivity contribution in [2.75, 3.05) is 18.1 Å². The molecule has 1 fully saturated rings. The van der Waals surface area contributed by atoms with Crippen molar-refractivity contribution in [3.63, 3.8) is 0 Å². The Morgan fingerprint density at radius 1 is 1.32 bits per heavy atom. The molecule has 22 heavy (non-hydrogen) atoms. The van der Waals surface area contributed by atoms with Crippen LogP contribution in [-0.2, 0) is 9.84 Å². The Hall–Kier alpha value is -1.04. The van der Waals surface area contributed by atoms with Gasteiger partial charge in [-0.1, -0.05) is 11.6 Å². The number of sulfone groups is 1. The van der Waals surface area contributed by atoms with Gasteiger partial charge in [0.25, 0.3) is 0 Å². The maximum absolute atomic E-state index is 11.4. The third kappa shape index (κ3) is 3.65. The largest absolute Gasteiger partial charge is 0.459 e. The second-order valence-corrected chi connectivity index (χ2v) is 8.80. The van der Waals surface area contributed by atoms with Crippen LogP contribution in [0.5, 0.6) is 0 Å². The molecule has 1 aromatic carbocycles. The van der Waals surface area contributed by atoms with Crippen LogP contribution in [0.1, 0.15) is 31.6 Å². The van der Waals surface area contributed by atoms with E-state index in [1.807, 2.05) is 24.3 Å². The maximum atomic E-state index is 11.4. The lowest BCUT2D eigenvalue weighted by molar-refractivity contribution is 0.383. The number of hydrogen-bond donors (Lipinski definition) is 1. The van der Waals surface area contributed by atoms with Crippen molar-refractivity contribution in [3.8, 4) is 0 Å². The standard InChI is InChI=1S/C16H20ClNO3S/c1-11(18-10-12-4-6-22(19,20)7-5-12)16-9-13-8-14(17)2-3-15(13)21-16/h2-3,8-9,11-12,18H,4-7,10H2,1H3/t11-/m0/s1. The summed E-state index contributed by atoms with van der Waals surface area (Å²) in [5, 5.41) is 5.15. The monoisotopic (exact) mass is 341 g/mol. The van der Waals surface area contributed by atoms with E-state index in [0.717, 1.165) is 36.1 Å². The first-order valence-corrected chi connectivity index (χ1v) is 9.76. The molecule has 1 aliphatic heterocycles. The Bertz CT molecular complexity index is 755. The minimum atomic E-state index is -2.79.